The molecule has 0 aliphatic heterocycles. The van der Waals surface area contributed by atoms with Crippen LogP contribution >= 0.6 is 0 Å². The van der Waals surface area contributed by atoms with Crippen LogP contribution in [0.25, 0.3) is 0 Å². The highest BCUT2D eigenvalue weighted by molar-refractivity contribution is 6.77. The van der Waals surface area contributed by atoms with E-state index in [9.17, 15) is 0 Å². The Morgan fingerprint density at radius 2 is 1.33 bits per heavy atom. The molecule has 1 aliphatic carbocycles. The van der Waals surface area contributed by atoms with Gasteiger partial charge in [-0.3, -0.25) is 0 Å². The average Bonchev–Trinajstić information content (AvgIpc) is 2.37. The lowest BCUT2D eigenvalue weighted by Gasteiger charge is -2.16. The minimum Gasteiger partial charge on any atom is -0.0622 e. The van der Waals surface area contributed by atoms with Gasteiger partial charge in [-0.15, -0.1) is 0 Å². The van der Waals surface area contributed by atoms with E-state index < -0.39 is 0 Å². The molecule has 0 unspecified atom stereocenters. The number of hydrogen-bond acceptors (Lipinski definition) is 0. The SMILES string of the molecule is CC(C)[Si](=C1C=CC=C1)C(C)C. The normalized spacial score (nSPS) is 15.3. The van der Waals surface area contributed by atoms with Gasteiger partial charge < -0.3 is 0 Å². The van der Waals surface area contributed by atoms with E-state index in [0.29, 0.717) is 0 Å². The molecule has 0 N–H and O–H groups in total. The van der Waals surface area contributed by atoms with E-state index in [1.54, 1.807) is 5.17 Å². The van der Waals surface area contributed by atoms with E-state index in [1.807, 2.05) is 0 Å². The Hall–Kier alpha value is -0.433. The predicted molar refractivity (Wildman–Crippen MR) is 59.2 cm³/mol. The lowest BCUT2D eigenvalue weighted by Crippen LogP contribution is -2.18. The summed E-state index contributed by atoms with van der Waals surface area (Å²) >= 11 is 0. The largest absolute Gasteiger partial charge is 0.0622 e. The van der Waals surface area contributed by atoms with Crippen LogP contribution in [0.5, 0.6) is 0 Å². The van der Waals surface area contributed by atoms with Crippen molar-refractivity contribution in [3.63, 3.8) is 0 Å². The molecule has 0 radical (unpaired) electrons. The molecule has 66 valence electrons. The molecule has 1 aliphatic rings. The van der Waals surface area contributed by atoms with E-state index >= 15 is 0 Å². The standard InChI is InChI=1S/C11H18Si/c1-9(2)12(10(3)4)11-7-5-6-8-11/h5-10H,1-4H3. The molecule has 0 aromatic heterocycles. The van der Waals surface area contributed by atoms with Crippen molar-refractivity contribution in [3.8, 4) is 0 Å². The van der Waals surface area contributed by atoms with Gasteiger partial charge in [-0.2, -0.15) is 0 Å². The van der Waals surface area contributed by atoms with Gasteiger partial charge in [0.1, 0.15) is 0 Å². The van der Waals surface area contributed by atoms with E-state index in [-0.39, 0.29) is 8.41 Å². The Labute approximate surface area is 77.2 Å². The van der Waals surface area contributed by atoms with Crippen molar-refractivity contribution in [3.05, 3.63) is 24.3 Å². The van der Waals surface area contributed by atoms with Crippen LogP contribution < -0.4 is 0 Å². The van der Waals surface area contributed by atoms with E-state index in [4.69, 9.17) is 0 Å². The molecule has 0 saturated carbocycles. The van der Waals surface area contributed by atoms with Gasteiger partial charge in [0, 0.05) is 8.41 Å². The molecule has 0 spiro atoms. The van der Waals surface area contributed by atoms with Crippen molar-refractivity contribution in [1.29, 1.82) is 0 Å². The summed E-state index contributed by atoms with van der Waals surface area (Å²) in [6.45, 7) is 9.39. The van der Waals surface area contributed by atoms with Crippen LogP contribution in [0.15, 0.2) is 24.3 Å². The van der Waals surface area contributed by atoms with Gasteiger partial charge in [0.25, 0.3) is 0 Å². The third-order valence-corrected chi connectivity index (χ3v) is 5.73. The highest BCUT2D eigenvalue weighted by Gasteiger charge is 2.13. The van der Waals surface area contributed by atoms with Gasteiger partial charge in [0.15, 0.2) is 0 Å². The molecule has 0 amide bonds. The van der Waals surface area contributed by atoms with Crippen LogP contribution in [0.1, 0.15) is 27.7 Å². The van der Waals surface area contributed by atoms with Crippen LogP contribution in [0.4, 0.5) is 0 Å². The van der Waals surface area contributed by atoms with Crippen LogP contribution in [-0.2, 0) is 0 Å². The second-order valence-electron chi connectivity index (χ2n) is 3.94. The van der Waals surface area contributed by atoms with Crippen LogP contribution in [0.3, 0.4) is 0 Å². The summed E-state index contributed by atoms with van der Waals surface area (Å²) in [7, 11) is -0.313. The molecule has 1 heteroatoms. The highest BCUT2D eigenvalue weighted by atomic mass is 28.2. The van der Waals surface area contributed by atoms with Crippen molar-refractivity contribution in [2.45, 2.75) is 38.8 Å². The monoisotopic (exact) mass is 178 g/mol. The molecule has 0 fully saturated rings. The predicted octanol–water partition coefficient (Wildman–Crippen LogP) is 3.18. The van der Waals surface area contributed by atoms with Crippen LogP contribution in [0, 0.1) is 0 Å². The van der Waals surface area contributed by atoms with Crippen LogP contribution in [0.2, 0.25) is 11.1 Å². The molecule has 12 heavy (non-hydrogen) atoms. The zero-order chi connectivity index (χ0) is 9.14. The van der Waals surface area contributed by atoms with Gasteiger partial charge in [-0.25, -0.2) is 0 Å². The minimum absolute atomic E-state index is 0.313. The molecule has 0 aromatic carbocycles. The molecule has 0 saturated heterocycles. The molecule has 0 bridgehead atoms. The van der Waals surface area contributed by atoms with Crippen LogP contribution in [-0.4, -0.2) is 13.6 Å². The average molecular weight is 178 g/mol. The maximum atomic E-state index is 2.35. The maximum absolute atomic E-state index is 2.35. The Morgan fingerprint density at radius 1 is 0.917 bits per heavy atom. The minimum atomic E-state index is -0.313. The summed E-state index contributed by atoms with van der Waals surface area (Å²) in [5.74, 6) is 0. The van der Waals surface area contributed by atoms with Gasteiger partial charge in [-0.05, 0) is 16.3 Å². The van der Waals surface area contributed by atoms with Crippen molar-refractivity contribution >= 4 is 13.6 Å². The second kappa shape index (κ2) is 3.99. The zero-order valence-electron chi connectivity index (χ0n) is 8.46. The number of allylic oxidation sites excluding steroid dienone is 4. The fourth-order valence-corrected chi connectivity index (χ4v) is 5.14. The van der Waals surface area contributed by atoms with Gasteiger partial charge >= 0.3 is 0 Å². The summed E-state index contributed by atoms with van der Waals surface area (Å²) in [4.78, 5) is 0. The first kappa shape index (κ1) is 9.65. The third-order valence-electron chi connectivity index (χ3n) is 2.24. The Kier molecular flexibility index (Phi) is 3.21. The lowest BCUT2D eigenvalue weighted by molar-refractivity contribution is 0.964. The molecule has 0 atom stereocenters. The molecule has 1 rings (SSSR count). The topological polar surface area (TPSA) is 0 Å². The summed E-state index contributed by atoms with van der Waals surface area (Å²) < 4.78 is 0. The number of rotatable bonds is 2. The lowest BCUT2D eigenvalue weighted by atomic mass is 10.5. The summed E-state index contributed by atoms with van der Waals surface area (Å²) in [6, 6.07) is 0. The Bertz CT molecular complexity index is 218. The van der Waals surface area contributed by atoms with E-state index in [0.717, 1.165) is 11.1 Å². The second-order valence-corrected chi connectivity index (χ2v) is 7.74. The molecule has 0 heterocycles. The van der Waals surface area contributed by atoms with Crippen molar-refractivity contribution in [2.75, 3.05) is 0 Å². The van der Waals surface area contributed by atoms with Crippen molar-refractivity contribution in [2.24, 2.45) is 0 Å². The Morgan fingerprint density at radius 3 is 1.67 bits per heavy atom. The van der Waals surface area contributed by atoms with Crippen molar-refractivity contribution in [1.82, 2.24) is 0 Å². The third kappa shape index (κ3) is 2.04. The first-order valence-corrected chi connectivity index (χ1v) is 6.37. The van der Waals surface area contributed by atoms with Crippen molar-refractivity contribution < 1.29 is 0 Å². The number of hydrogen-bond donors (Lipinski definition) is 0. The van der Waals surface area contributed by atoms with Gasteiger partial charge in [0.05, 0.1) is 0 Å². The highest BCUT2D eigenvalue weighted by Crippen LogP contribution is 2.17. The molecule has 0 aromatic rings. The van der Waals surface area contributed by atoms with E-state index in [1.165, 1.54) is 0 Å². The quantitative estimate of drug-likeness (QED) is 0.570. The zero-order valence-corrected chi connectivity index (χ0v) is 9.46. The molecular formula is C11H18Si. The first-order chi connectivity index (χ1) is 5.63. The Balaban J connectivity index is 2.99. The maximum Gasteiger partial charge on any atom is 0.0247 e. The smallest absolute Gasteiger partial charge is 0.0247 e. The first-order valence-electron chi connectivity index (χ1n) is 4.71. The molecular weight excluding hydrogens is 160 g/mol. The fraction of sp³-hybridized carbons (Fsp3) is 0.545. The summed E-state index contributed by atoms with van der Waals surface area (Å²) in [5.41, 5.74) is 1.69. The summed E-state index contributed by atoms with van der Waals surface area (Å²) in [5, 5.41) is 1.60. The van der Waals surface area contributed by atoms with Gasteiger partial charge in [0.2, 0.25) is 0 Å². The fourth-order valence-electron chi connectivity index (χ4n) is 1.90. The van der Waals surface area contributed by atoms with E-state index in [2.05, 4.69) is 52.0 Å². The van der Waals surface area contributed by atoms with Gasteiger partial charge in [-0.1, -0.05) is 52.0 Å². The summed E-state index contributed by atoms with van der Waals surface area (Å²) in [6.07, 6.45) is 8.89. The molecule has 0 nitrogen and oxygen atoms in total.